The molecule has 0 saturated carbocycles. The van der Waals surface area contributed by atoms with Gasteiger partial charge in [0.1, 0.15) is 5.60 Å². The normalized spacial score (nSPS) is 15.9. The molecule has 0 bridgehead atoms. The fourth-order valence-electron chi connectivity index (χ4n) is 1.67. The molecule has 1 atom stereocenters. The lowest BCUT2D eigenvalue weighted by Crippen LogP contribution is -2.28. The summed E-state index contributed by atoms with van der Waals surface area (Å²) in [5.74, 6) is -1.37. The molecule has 1 rings (SSSR count). The van der Waals surface area contributed by atoms with Crippen LogP contribution in [-0.2, 0) is 23.8 Å². The van der Waals surface area contributed by atoms with Gasteiger partial charge in [0.05, 0.1) is 6.61 Å². The summed E-state index contributed by atoms with van der Waals surface area (Å²) < 4.78 is 15.1. The van der Waals surface area contributed by atoms with Crippen LogP contribution in [0.3, 0.4) is 0 Å². The first-order valence-electron chi connectivity index (χ1n) is 6.93. The number of esters is 2. The van der Waals surface area contributed by atoms with Gasteiger partial charge < -0.3 is 14.2 Å². The molecule has 0 fully saturated rings. The van der Waals surface area contributed by atoms with E-state index in [0.717, 1.165) is 19.3 Å². The van der Waals surface area contributed by atoms with E-state index in [-0.39, 0.29) is 11.5 Å². The molecule has 5 nitrogen and oxygen atoms in total. The van der Waals surface area contributed by atoms with Gasteiger partial charge in [0.15, 0.2) is 0 Å². The molecule has 0 aromatic carbocycles. The molecule has 1 heterocycles. The summed E-state index contributed by atoms with van der Waals surface area (Å²) in [5, 5.41) is 0. The molecule has 112 valence electrons. The SMILES string of the molecule is C=CC(C)(CCC)OC(=O)C1=C(C(=O)OCCCC)O1. The zero-order chi connectivity index (χ0) is 15.2. The van der Waals surface area contributed by atoms with Gasteiger partial charge in [0, 0.05) is 0 Å². The molecule has 0 aliphatic carbocycles. The van der Waals surface area contributed by atoms with E-state index in [2.05, 4.69) is 6.58 Å². The van der Waals surface area contributed by atoms with E-state index in [1.54, 1.807) is 13.0 Å². The smallest absolute Gasteiger partial charge is 0.379 e. The van der Waals surface area contributed by atoms with Crippen molar-refractivity contribution in [2.45, 2.75) is 52.1 Å². The van der Waals surface area contributed by atoms with Crippen molar-refractivity contribution >= 4 is 11.9 Å². The van der Waals surface area contributed by atoms with Crippen LogP contribution in [0.4, 0.5) is 0 Å². The van der Waals surface area contributed by atoms with Gasteiger partial charge in [0.2, 0.25) is 0 Å². The van der Waals surface area contributed by atoms with E-state index < -0.39 is 17.5 Å². The van der Waals surface area contributed by atoms with Crippen LogP contribution in [0.15, 0.2) is 24.2 Å². The molecule has 0 spiro atoms. The maximum absolute atomic E-state index is 11.8. The fourth-order valence-corrected chi connectivity index (χ4v) is 1.67. The van der Waals surface area contributed by atoms with Crippen LogP contribution in [0, 0.1) is 0 Å². The van der Waals surface area contributed by atoms with Gasteiger partial charge >= 0.3 is 11.9 Å². The minimum Gasteiger partial charge on any atom is -0.460 e. The molecule has 0 aromatic rings. The first kappa shape index (κ1) is 16.3. The third-order valence-electron chi connectivity index (χ3n) is 2.97. The Hall–Kier alpha value is -1.78. The first-order chi connectivity index (χ1) is 9.47. The summed E-state index contributed by atoms with van der Waals surface area (Å²) in [7, 11) is 0. The van der Waals surface area contributed by atoms with E-state index in [4.69, 9.17) is 14.2 Å². The topological polar surface area (TPSA) is 65.1 Å². The molecule has 0 aromatic heterocycles. The number of rotatable bonds is 9. The molecule has 0 N–H and O–H groups in total. The molecular weight excluding hydrogens is 260 g/mol. The monoisotopic (exact) mass is 282 g/mol. The molecule has 1 aliphatic heterocycles. The van der Waals surface area contributed by atoms with Crippen LogP contribution < -0.4 is 0 Å². The summed E-state index contributed by atoms with van der Waals surface area (Å²) in [6.07, 6.45) is 4.80. The lowest BCUT2D eigenvalue weighted by Gasteiger charge is -2.24. The first-order valence-corrected chi connectivity index (χ1v) is 6.93. The van der Waals surface area contributed by atoms with Gasteiger partial charge in [-0.25, -0.2) is 9.59 Å². The van der Waals surface area contributed by atoms with Crippen LogP contribution >= 0.6 is 0 Å². The number of carbonyl (C=O) groups excluding carboxylic acids is 2. The molecule has 20 heavy (non-hydrogen) atoms. The Morgan fingerprint density at radius 3 is 2.45 bits per heavy atom. The van der Waals surface area contributed by atoms with Gasteiger partial charge in [-0.15, -0.1) is 0 Å². The minimum atomic E-state index is -0.748. The Morgan fingerprint density at radius 2 is 1.90 bits per heavy atom. The average molecular weight is 282 g/mol. The second kappa shape index (κ2) is 7.12. The molecule has 1 unspecified atom stereocenters. The number of unbranched alkanes of at least 4 members (excludes halogenated alkanes) is 1. The third kappa shape index (κ3) is 4.40. The Kier molecular flexibility index (Phi) is 5.80. The van der Waals surface area contributed by atoms with E-state index in [1.165, 1.54) is 0 Å². The second-order valence-electron chi connectivity index (χ2n) is 4.91. The van der Waals surface area contributed by atoms with Crippen molar-refractivity contribution in [3.8, 4) is 0 Å². The van der Waals surface area contributed by atoms with Crippen molar-refractivity contribution < 1.29 is 23.8 Å². The van der Waals surface area contributed by atoms with E-state index in [9.17, 15) is 9.59 Å². The van der Waals surface area contributed by atoms with Crippen molar-refractivity contribution in [2.24, 2.45) is 0 Å². The highest BCUT2D eigenvalue weighted by atomic mass is 16.6. The molecule has 5 heteroatoms. The van der Waals surface area contributed by atoms with Crippen molar-refractivity contribution in [1.82, 2.24) is 0 Å². The quantitative estimate of drug-likeness (QED) is 0.369. The van der Waals surface area contributed by atoms with E-state index >= 15 is 0 Å². The van der Waals surface area contributed by atoms with Gasteiger partial charge in [-0.3, -0.25) is 0 Å². The van der Waals surface area contributed by atoms with E-state index in [0.29, 0.717) is 13.0 Å². The predicted octanol–water partition coefficient (Wildman–Crippen LogP) is 2.86. The predicted molar refractivity (Wildman–Crippen MR) is 73.6 cm³/mol. The highest BCUT2D eigenvalue weighted by Crippen LogP contribution is 2.31. The van der Waals surface area contributed by atoms with Crippen LogP contribution in [0.25, 0.3) is 0 Å². The lowest BCUT2D eigenvalue weighted by atomic mass is 10.0. The number of carbonyl (C=O) groups is 2. The lowest BCUT2D eigenvalue weighted by molar-refractivity contribution is -0.150. The summed E-state index contributed by atoms with van der Waals surface area (Å²) >= 11 is 0. The number of hydrogen-bond acceptors (Lipinski definition) is 5. The standard InChI is InChI=1S/C15H22O5/c1-5-8-10-18-13(16)11-12(19-11)14(17)20-15(4,7-3)9-6-2/h7H,3,5-6,8-10H2,1-2,4H3. The fraction of sp³-hybridized carbons (Fsp3) is 0.600. The Bertz CT molecular complexity index is 424. The molecule has 0 radical (unpaired) electrons. The Labute approximate surface area is 119 Å². The molecule has 0 saturated heterocycles. The summed E-state index contributed by atoms with van der Waals surface area (Å²) in [5.41, 5.74) is -0.748. The number of hydrogen-bond donors (Lipinski definition) is 0. The van der Waals surface area contributed by atoms with Gasteiger partial charge in [0.25, 0.3) is 11.5 Å². The maximum atomic E-state index is 11.8. The van der Waals surface area contributed by atoms with Crippen LogP contribution in [0.2, 0.25) is 0 Å². The highest BCUT2D eigenvalue weighted by Gasteiger charge is 2.42. The third-order valence-corrected chi connectivity index (χ3v) is 2.97. The average Bonchev–Trinajstić information content (AvgIpc) is 3.19. The zero-order valence-corrected chi connectivity index (χ0v) is 12.4. The number of ether oxygens (including phenoxy) is 3. The summed E-state index contributed by atoms with van der Waals surface area (Å²) in [6, 6.07) is 0. The molecular formula is C15H22O5. The second-order valence-corrected chi connectivity index (χ2v) is 4.91. The minimum absolute atomic E-state index is 0.0472. The Morgan fingerprint density at radius 1 is 1.25 bits per heavy atom. The molecule has 0 amide bonds. The maximum Gasteiger partial charge on any atom is 0.379 e. The van der Waals surface area contributed by atoms with Gasteiger partial charge in [-0.1, -0.05) is 33.3 Å². The van der Waals surface area contributed by atoms with Crippen molar-refractivity contribution in [3.63, 3.8) is 0 Å². The summed E-state index contributed by atoms with van der Waals surface area (Å²) in [4.78, 5) is 23.4. The van der Waals surface area contributed by atoms with Gasteiger partial charge in [-0.2, -0.15) is 0 Å². The van der Waals surface area contributed by atoms with Crippen LogP contribution in [-0.4, -0.2) is 24.1 Å². The van der Waals surface area contributed by atoms with Gasteiger partial charge in [-0.05, 0) is 25.8 Å². The van der Waals surface area contributed by atoms with Crippen molar-refractivity contribution in [1.29, 1.82) is 0 Å². The van der Waals surface area contributed by atoms with Crippen molar-refractivity contribution in [2.75, 3.05) is 6.61 Å². The van der Waals surface area contributed by atoms with E-state index in [1.807, 2.05) is 13.8 Å². The van der Waals surface area contributed by atoms with Crippen LogP contribution in [0.1, 0.15) is 46.5 Å². The molecule has 1 aliphatic rings. The van der Waals surface area contributed by atoms with Crippen LogP contribution in [0.5, 0.6) is 0 Å². The van der Waals surface area contributed by atoms with Crippen molar-refractivity contribution in [3.05, 3.63) is 24.2 Å². The zero-order valence-electron chi connectivity index (χ0n) is 12.4. The highest BCUT2D eigenvalue weighted by molar-refractivity contribution is 6.03. The largest absolute Gasteiger partial charge is 0.460 e. The Balaban J connectivity index is 2.53. The summed E-state index contributed by atoms with van der Waals surface area (Å²) in [6.45, 7) is 9.73.